The number of likely N-dealkylation sites (tertiary alicyclic amines) is 1. The van der Waals surface area contributed by atoms with Crippen molar-refractivity contribution in [3.8, 4) is 0 Å². The van der Waals surface area contributed by atoms with Crippen molar-refractivity contribution in [1.82, 2.24) is 10.2 Å². The van der Waals surface area contributed by atoms with Gasteiger partial charge in [-0.2, -0.15) is 0 Å². The van der Waals surface area contributed by atoms with Crippen molar-refractivity contribution in [2.75, 3.05) is 6.54 Å². The molecule has 3 aliphatic rings. The number of nitrogens with one attached hydrogen (secondary N) is 1. The van der Waals surface area contributed by atoms with Crippen LogP contribution in [0.4, 0.5) is 4.39 Å². The molecule has 1 aromatic rings. The molecule has 0 aromatic heterocycles. The number of carbonyl (C=O) groups is 2. The van der Waals surface area contributed by atoms with Gasteiger partial charge in [0.25, 0.3) is 0 Å². The van der Waals surface area contributed by atoms with E-state index >= 15 is 0 Å². The molecule has 1 saturated heterocycles. The van der Waals surface area contributed by atoms with Crippen LogP contribution in [0.15, 0.2) is 24.3 Å². The Morgan fingerprint density at radius 2 is 1.88 bits per heavy atom. The Labute approximate surface area is 147 Å². The molecule has 4 nitrogen and oxygen atoms in total. The number of hydrogen-bond donors (Lipinski definition) is 1. The summed E-state index contributed by atoms with van der Waals surface area (Å²) in [7, 11) is 0. The Balaban J connectivity index is 1.36. The molecule has 5 atom stereocenters. The SMILES string of the molecule is C[C@@H]1C[C@H]1C(=O)N1CCCC[C@@H]1C(=O)N[C@@H]1C[C@@H]1c1ccc(F)cc1. The highest BCUT2D eigenvalue weighted by molar-refractivity contribution is 5.90. The number of carbonyl (C=O) groups excluding carboxylic acids is 2. The third-order valence-electron chi connectivity index (χ3n) is 5.93. The molecule has 4 rings (SSSR count). The summed E-state index contributed by atoms with van der Waals surface area (Å²) >= 11 is 0. The standard InChI is InChI=1S/C20H25FN2O2/c1-12-10-15(12)20(25)23-9-3-2-4-18(23)19(24)22-17-11-16(17)13-5-7-14(21)8-6-13/h5-8,12,15-18H,2-4,9-11H2,1H3,(H,22,24)/t12-,15-,16-,17-,18-/m1/s1. The molecule has 2 amide bonds. The van der Waals surface area contributed by atoms with E-state index in [0.717, 1.165) is 37.7 Å². The van der Waals surface area contributed by atoms with E-state index in [1.54, 1.807) is 12.1 Å². The van der Waals surface area contributed by atoms with E-state index in [4.69, 9.17) is 0 Å². The van der Waals surface area contributed by atoms with Crippen LogP contribution in [-0.4, -0.2) is 35.3 Å². The molecule has 0 spiro atoms. The summed E-state index contributed by atoms with van der Waals surface area (Å²) in [6.07, 6.45) is 4.58. The predicted molar refractivity (Wildman–Crippen MR) is 92.3 cm³/mol. The minimum Gasteiger partial charge on any atom is -0.351 e. The molecule has 1 aromatic carbocycles. The van der Waals surface area contributed by atoms with Crippen LogP contribution in [0, 0.1) is 17.7 Å². The Kier molecular flexibility index (Phi) is 4.26. The number of amides is 2. The van der Waals surface area contributed by atoms with Gasteiger partial charge in [-0.15, -0.1) is 0 Å². The largest absolute Gasteiger partial charge is 0.351 e. The Morgan fingerprint density at radius 3 is 2.56 bits per heavy atom. The number of nitrogens with zero attached hydrogens (tertiary/aromatic N) is 1. The van der Waals surface area contributed by atoms with E-state index in [2.05, 4.69) is 12.2 Å². The molecular weight excluding hydrogens is 319 g/mol. The van der Waals surface area contributed by atoms with Crippen LogP contribution in [0.25, 0.3) is 0 Å². The van der Waals surface area contributed by atoms with Crippen molar-refractivity contribution in [3.63, 3.8) is 0 Å². The first-order chi connectivity index (χ1) is 12.0. The van der Waals surface area contributed by atoms with Crippen molar-refractivity contribution in [2.45, 2.75) is 57.0 Å². The fourth-order valence-electron chi connectivity index (χ4n) is 4.06. The second-order valence-corrected chi connectivity index (χ2v) is 7.87. The molecule has 1 heterocycles. The highest BCUT2D eigenvalue weighted by Gasteiger charge is 2.46. The fraction of sp³-hybridized carbons (Fsp3) is 0.600. The van der Waals surface area contributed by atoms with Crippen molar-refractivity contribution >= 4 is 11.8 Å². The van der Waals surface area contributed by atoms with Gasteiger partial charge < -0.3 is 10.2 Å². The van der Waals surface area contributed by atoms with Gasteiger partial charge in [0.2, 0.25) is 11.8 Å². The molecule has 0 unspecified atom stereocenters. The van der Waals surface area contributed by atoms with Crippen molar-refractivity contribution in [3.05, 3.63) is 35.6 Å². The first-order valence-electron chi connectivity index (χ1n) is 9.41. The van der Waals surface area contributed by atoms with Crippen LogP contribution in [0.1, 0.15) is 50.5 Å². The van der Waals surface area contributed by atoms with Crippen LogP contribution >= 0.6 is 0 Å². The van der Waals surface area contributed by atoms with Gasteiger partial charge >= 0.3 is 0 Å². The van der Waals surface area contributed by atoms with E-state index in [1.807, 2.05) is 4.90 Å². The Morgan fingerprint density at radius 1 is 1.16 bits per heavy atom. The number of rotatable bonds is 4. The molecule has 1 aliphatic heterocycles. The third-order valence-corrected chi connectivity index (χ3v) is 5.93. The van der Waals surface area contributed by atoms with Crippen molar-refractivity contribution < 1.29 is 14.0 Å². The average Bonchev–Trinajstić information content (AvgIpc) is 3.53. The normalized spacial score (nSPS) is 33.7. The summed E-state index contributed by atoms with van der Waals surface area (Å²) < 4.78 is 13.0. The van der Waals surface area contributed by atoms with Crippen LogP contribution in [-0.2, 0) is 9.59 Å². The molecule has 25 heavy (non-hydrogen) atoms. The first-order valence-corrected chi connectivity index (χ1v) is 9.41. The van der Waals surface area contributed by atoms with E-state index in [-0.39, 0.29) is 41.6 Å². The lowest BCUT2D eigenvalue weighted by Crippen LogP contribution is -2.53. The van der Waals surface area contributed by atoms with Crippen molar-refractivity contribution in [1.29, 1.82) is 0 Å². The Hall–Kier alpha value is -1.91. The van der Waals surface area contributed by atoms with E-state index in [9.17, 15) is 14.0 Å². The summed E-state index contributed by atoms with van der Waals surface area (Å²) in [5.74, 6) is 0.760. The van der Waals surface area contributed by atoms with Gasteiger partial charge in [-0.05, 0) is 55.7 Å². The smallest absolute Gasteiger partial charge is 0.243 e. The van der Waals surface area contributed by atoms with Gasteiger partial charge in [0.05, 0.1) is 0 Å². The monoisotopic (exact) mass is 344 g/mol. The first kappa shape index (κ1) is 16.6. The molecular formula is C20H25FN2O2. The molecule has 0 radical (unpaired) electrons. The van der Waals surface area contributed by atoms with Crippen LogP contribution < -0.4 is 5.32 Å². The number of hydrogen-bond acceptors (Lipinski definition) is 2. The number of piperidine rings is 1. The summed E-state index contributed by atoms with van der Waals surface area (Å²) in [6, 6.07) is 6.30. The highest BCUT2D eigenvalue weighted by Crippen LogP contribution is 2.42. The van der Waals surface area contributed by atoms with Gasteiger partial charge in [0.1, 0.15) is 11.9 Å². The molecule has 0 bridgehead atoms. The minimum atomic E-state index is -0.316. The summed E-state index contributed by atoms with van der Waals surface area (Å²) in [5.41, 5.74) is 1.06. The third kappa shape index (κ3) is 3.42. The molecule has 3 fully saturated rings. The maximum Gasteiger partial charge on any atom is 0.243 e. The van der Waals surface area contributed by atoms with E-state index in [0.29, 0.717) is 12.5 Å². The second kappa shape index (κ2) is 6.43. The highest BCUT2D eigenvalue weighted by atomic mass is 19.1. The lowest BCUT2D eigenvalue weighted by atomic mass is 10.00. The van der Waals surface area contributed by atoms with Crippen molar-refractivity contribution in [2.24, 2.45) is 11.8 Å². The zero-order valence-electron chi connectivity index (χ0n) is 14.6. The van der Waals surface area contributed by atoms with Gasteiger partial charge in [-0.25, -0.2) is 4.39 Å². The molecule has 5 heteroatoms. The lowest BCUT2D eigenvalue weighted by molar-refractivity contribution is -0.143. The lowest BCUT2D eigenvalue weighted by Gasteiger charge is -2.35. The maximum atomic E-state index is 13.0. The molecule has 2 saturated carbocycles. The zero-order chi connectivity index (χ0) is 17.6. The molecule has 2 aliphatic carbocycles. The fourth-order valence-corrected chi connectivity index (χ4v) is 4.06. The molecule has 134 valence electrons. The minimum absolute atomic E-state index is 0.0176. The molecule has 1 N–H and O–H groups in total. The van der Waals surface area contributed by atoms with Crippen LogP contribution in [0.3, 0.4) is 0 Å². The number of halogens is 1. The maximum absolute atomic E-state index is 13.0. The topological polar surface area (TPSA) is 49.4 Å². The van der Waals surface area contributed by atoms with Gasteiger partial charge in [0.15, 0.2) is 0 Å². The zero-order valence-corrected chi connectivity index (χ0v) is 14.6. The van der Waals surface area contributed by atoms with Gasteiger partial charge in [-0.1, -0.05) is 19.1 Å². The average molecular weight is 344 g/mol. The summed E-state index contributed by atoms with van der Waals surface area (Å²) in [5, 5.41) is 3.12. The number of benzene rings is 1. The predicted octanol–water partition coefficient (Wildman–Crippen LogP) is 2.83. The second-order valence-electron chi connectivity index (χ2n) is 7.87. The van der Waals surface area contributed by atoms with E-state index < -0.39 is 0 Å². The van der Waals surface area contributed by atoms with Crippen LogP contribution in [0.5, 0.6) is 0 Å². The van der Waals surface area contributed by atoms with Gasteiger partial charge in [0, 0.05) is 24.4 Å². The summed E-state index contributed by atoms with van der Waals surface area (Å²) in [6.45, 7) is 2.80. The van der Waals surface area contributed by atoms with E-state index in [1.165, 1.54) is 12.1 Å². The van der Waals surface area contributed by atoms with Crippen LogP contribution in [0.2, 0.25) is 0 Å². The summed E-state index contributed by atoms with van der Waals surface area (Å²) in [4.78, 5) is 27.2. The van der Waals surface area contributed by atoms with Gasteiger partial charge in [-0.3, -0.25) is 9.59 Å². The Bertz CT molecular complexity index is 675. The quantitative estimate of drug-likeness (QED) is 0.913.